The lowest BCUT2D eigenvalue weighted by Crippen LogP contribution is -2.48. The molecule has 2 heterocycles. The van der Waals surface area contributed by atoms with Gasteiger partial charge in [-0.25, -0.2) is 0 Å². The van der Waals surface area contributed by atoms with Crippen molar-refractivity contribution in [1.82, 2.24) is 14.8 Å². The first-order valence-electron chi connectivity index (χ1n) is 9.07. The van der Waals surface area contributed by atoms with Crippen LogP contribution in [-0.4, -0.2) is 73.7 Å². The quantitative estimate of drug-likeness (QED) is 0.773. The Hall–Kier alpha value is -2.38. The van der Waals surface area contributed by atoms with E-state index in [0.717, 1.165) is 18.5 Å². The van der Waals surface area contributed by atoms with Gasteiger partial charge in [0.25, 0.3) is 0 Å². The third-order valence-electron chi connectivity index (χ3n) is 5.25. The molecule has 1 N–H and O–H groups in total. The average Bonchev–Trinajstić information content (AvgIpc) is 2.97. The SMILES string of the molecule is COC(=O)CN(CC(=O)OC)C[C@H]1Cc2c([nH]c3cc(C)ccc23)CN1C. The molecule has 7 heteroatoms. The number of nitrogens with zero attached hydrogens (tertiary/aromatic N) is 2. The molecule has 0 unspecified atom stereocenters. The number of H-pyrrole nitrogens is 1. The van der Waals surface area contributed by atoms with Gasteiger partial charge in [0, 0.05) is 35.7 Å². The number of aromatic amines is 1. The van der Waals surface area contributed by atoms with E-state index >= 15 is 0 Å². The Balaban J connectivity index is 1.80. The van der Waals surface area contributed by atoms with Gasteiger partial charge in [-0.05, 0) is 37.6 Å². The number of aromatic nitrogens is 1. The first-order chi connectivity index (χ1) is 12.9. The van der Waals surface area contributed by atoms with E-state index in [1.165, 1.54) is 36.4 Å². The number of fused-ring (bicyclic) bond motifs is 3. The number of hydrogen-bond acceptors (Lipinski definition) is 6. The van der Waals surface area contributed by atoms with Crippen LogP contribution < -0.4 is 0 Å². The highest BCUT2D eigenvalue weighted by Crippen LogP contribution is 2.30. The van der Waals surface area contributed by atoms with Crippen molar-refractivity contribution in [3.8, 4) is 0 Å². The molecular weight excluding hydrogens is 346 g/mol. The number of nitrogens with one attached hydrogen (secondary N) is 1. The van der Waals surface area contributed by atoms with Crippen molar-refractivity contribution in [2.24, 2.45) is 0 Å². The zero-order valence-electron chi connectivity index (χ0n) is 16.4. The van der Waals surface area contributed by atoms with Crippen molar-refractivity contribution in [3.63, 3.8) is 0 Å². The number of carbonyl (C=O) groups excluding carboxylic acids is 2. The predicted octanol–water partition coefficient (Wildman–Crippen LogP) is 1.48. The molecule has 1 aromatic heterocycles. The minimum atomic E-state index is -0.361. The van der Waals surface area contributed by atoms with Crippen molar-refractivity contribution in [1.29, 1.82) is 0 Å². The summed E-state index contributed by atoms with van der Waals surface area (Å²) in [5, 5.41) is 1.25. The molecule has 3 rings (SSSR count). The highest BCUT2D eigenvalue weighted by molar-refractivity contribution is 5.85. The van der Waals surface area contributed by atoms with Crippen LogP contribution in [0.1, 0.15) is 16.8 Å². The third-order valence-corrected chi connectivity index (χ3v) is 5.25. The van der Waals surface area contributed by atoms with Gasteiger partial charge in [-0.1, -0.05) is 12.1 Å². The highest BCUT2D eigenvalue weighted by atomic mass is 16.5. The number of carbonyl (C=O) groups is 2. The van der Waals surface area contributed by atoms with Crippen LogP contribution in [-0.2, 0) is 32.0 Å². The Labute approximate surface area is 159 Å². The number of hydrogen-bond donors (Lipinski definition) is 1. The van der Waals surface area contributed by atoms with Crippen LogP contribution in [0.15, 0.2) is 18.2 Å². The topological polar surface area (TPSA) is 74.9 Å². The van der Waals surface area contributed by atoms with E-state index in [4.69, 9.17) is 9.47 Å². The molecular formula is C20H27N3O4. The molecule has 2 aromatic rings. The summed E-state index contributed by atoms with van der Waals surface area (Å²) >= 11 is 0. The first-order valence-corrected chi connectivity index (χ1v) is 9.07. The lowest BCUT2D eigenvalue weighted by Gasteiger charge is -2.35. The van der Waals surface area contributed by atoms with Crippen molar-refractivity contribution < 1.29 is 19.1 Å². The molecule has 0 bridgehead atoms. The summed E-state index contributed by atoms with van der Waals surface area (Å²) in [6.45, 7) is 3.61. The number of ether oxygens (including phenoxy) is 2. The molecule has 27 heavy (non-hydrogen) atoms. The molecule has 0 radical (unpaired) electrons. The summed E-state index contributed by atoms with van der Waals surface area (Å²) in [5.41, 5.74) is 4.95. The highest BCUT2D eigenvalue weighted by Gasteiger charge is 2.29. The summed E-state index contributed by atoms with van der Waals surface area (Å²) in [6.07, 6.45) is 0.855. The van der Waals surface area contributed by atoms with Crippen LogP contribution in [0.5, 0.6) is 0 Å². The zero-order chi connectivity index (χ0) is 19.6. The number of rotatable bonds is 6. The maximum Gasteiger partial charge on any atom is 0.319 e. The van der Waals surface area contributed by atoms with Crippen molar-refractivity contribution in [2.75, 3.05) is 40.9 Å². The molecule has 0 spiro atoms. The summed E-state index contributed by atoms with van der Waals surface area (Å²) in [6, 6.07) is 6.66. The van der Waals surface area contributed by atoms with Gasteiger partial charge < -0.3 is 14.5 Å². The standard InChI is InChI=1S/C20H27N3O4/c1-13-5-6-15-16-8-14(22(2)10-18(16)21-17(15)7-13)9-23(11-19(24)26-3)12-20(25)27-4/h5-7,14,21H,8-12H2,1-4H3/t14-/m1/s1. The molecule has 0 amide bonds. The van der Waals surface area contributed by atoms with Crippen LogP contribution in [0.25, 0.3) is 10.9 Å². The van der Waals surface area contributed by atoms with Crippen LogP contribution in [0.2, 0.25) is 0 Å². The van der Waals surface area contributed by atoms with E-state index in [-0.39, 0.29) is 31.1 Å². The average molecular weight is 373 g/mol. The largest absolute Gasteiger partial charge is 0.468 e. The number of benzene rings is 1. The van der Waals surface area contributed by atoms with Crippen LogP contribution in [0, 0.1) is 6.92 Å². The number of aryl methyl sites for hydroxylation is 1. The van der Waals surface area contributed by atoms with Crippen molar-refractivity contribution >= 4 is 22.8 Å². The summed E-state index contributed by atoms with van der Waals surface area (Å²) in [7, 11) is 4.77. The van der Waals surface area contributed by atoms with Crippen molar-refractivity contribution in [2.45, 2.75) is 25.9 Å². The van der Waals surface area contributed by atoms with Gasteiger partial charge in [0.2, 0.25) is 0 Å². The lowest BCUT2D eigenvalue weighted by molar-refractivity contribution is -0.145. The van der Waals surface area contributed by atoms with E-state index in [9.17, 15) is 9.59 Å². The minimum Gasteiger partial charge on any atom is -0.468 e. The Morgan fingerprint density at radius 1 is 1.22 bits per heavy atom. The van der Waals surface area contributed by atoms with Crippen LogP contribution in [0.3, 0.4) is 0 Å². The molecule has 1 atom stereocenters. The fourth-order valence-corrected chi connectivity index (χ4v) is 3.74. The van der Waals surface area contributed by atoms with E-state index in [1.54, 1.807) is 4.90 Å². The van der Waals surface area contributed by atoms with E-state index < -0.39 is 0 Å². The Bertz CT molecular complexity index is 827. The zero-order valence-corrected chi connectivity index (χ0v) is 16.4. The summed E-state index contributed by atoms with van der Waals surface area (Å²) < 4.78 is 9.55. The minimum absolute atomic E-state index is 0.0654. The molecule has 0 fully saturated rings. The normalized spacial score (nSPS) is 17.1. The number of methoxy groups -OCH3 is 2. The fourth-order valence-electron chi connectivity index (χ4n) is 3.74. The van der Waals surface area contributed by atoms with E-state index in [2.05, 4.69) is 42.1 Å². The molecule has 0 saturated carbocycles. The molecule has 7 nitrogen and oxygen atoms in total. The maximum atomic E-state index is 11.7. The van der Waals surface area contributed by atoms with Crippen LogP contribution in [0.4, 0.5) is 0 Å². The Morgan fingerprint density at radius 3 is 2.52 bits per heavy atom. The summed E-state index contributed by atoms with van der Waals surface area (Å²) in [4.78, 5) is 31.1. The van der Waals surface area contributed by atoms with Gasteiger partial charge in [0.1, 0.15) is 0 Å². The van der Waals surface area contributed by atoms with E-state index in [0.29, 0.717) is 6.54 Å². The monoisotopic (exact) mass is 373 g/mol. The maximum absolute atomic E-state index is 11.7. The molecule has 1 aliphatic rings. The second-order valence-electron chi connectivity index (χ2n) is 7.23. The second kappa shape index (κ2) is 8.10. The smallest absolute Gasteiger partial charge is 0.319 e. The predicted molar refractivity (Wildman–Crippen MR) is 102 cm³/mol. The van der Waals surface area contributed by atoms with Crippen LogP contribution >= 0.6 is 0 Å². The molecule has 0 aliphatic carbocycles. The van der Waals surface area contributed by atoms with Gasteiger partial charge in [-0.2, -0.15) is 0 Å². The van der Waals surface area contributed by atoms with Crippen molar-refractivity contribution in [3.05, 3.63) is 35.0 Å². The fraction of sp³-hybridized carbons (Fsp3) is 0.500. The van der Waals surface area contributed by atoms with Gasteiger partial charge in [0.15, 0.2) is 0 Å². The molecule has 146 valence electrons. The Morgan fingerprint density at radius 2 is 1.89 bits per heavy atom. The Kier molecular flexibility index (Phi) is 5.82. The summed E-state index contributed by atoms with van der Waals surface area (Å²) in [5.74, 6) is -0.721. The van der Waals surface area contributed by atoms with Gasteiger partial charge in [-0.3, -0.25) is 19.4 Å². The first kappa shape index (κ1) is 19.4. The second-order valence-corrected chi connectivity index (χ2v) is 7.23. The van der Waals surface area contributed by atoms with Gasteiger partial charge in [-0.15, -0.1) is 0 Å². The third kappa shape index (κ3) is 4.31. The number of esters is 2. The van der Waals surface area contributed by atoms with E-state index in [1.807, 2.05) is 0 Å². The lowest BCUT2D eigenvalue weighted by atomic mass is 9.96. The molecule has 1 aliphatic heterocycles. The van der Waals surface area contributed by atoms with Gasteiger partial charge in [0.05, 0.1) is 27.3 Å². The number of likely N-dealkylation sites (N-methyl/N-ethyl adjacent to an activating group) is 1. The molecule has 1 aromatic carbocycles. The molecule has 0 saturated heterocycles. The van der Waals surface area contributed by atoms with Gasteiger partial charge >= 0.3 is 11.9 Å².